The Morgan fingerprint density at radius 3 is 1.42 bits per heavy atom. The van der Waals surface area contributed by atoms with E-state index in [2.05, 4.69) is 11.8 Å². The number of carboxylic acid groups (broad SMARTS) is 1. The number of nitrogens with zero attached hydrogens (tertiary/aromatic N) is 2. The number of aliphatic imine (C=N–C) groups is 1. The Morgan fingerprint density at radius 2 is 0.940 bits per heavy atom. The van der Waals surface area contributed by atoms with E-state index in [4.69, 9.17) is 14.8 Å². The van der Waals surface area contributed by atoms with Gasteiger partial charge in [0.1, 0.15) is 0 Å². The molecule has 0 fully saturated rings. The number of aliphatic carboxylic acids is 1. The second-order valence-electron chi connectivity index (χ2n) is 15.5. The number of rotatable bonds is 40. The van der Waals surface area contributed by atoms with E-state index < -0.39 is 5.97 Å². The first-order valence-electron chi connectivity index (χ1n) is 22.3. The summed E-state index contributed by atoms with van der Waals surface area (Å²) in [6.45, 7) is 6.23. The average molecular weight is 705 g/mol. The summed E-state index contributed by atoms with van der Waals surface area (Å²) in [6.07, 6.45) is 44.6. The van der Waals surface area contributed by atoms with Gasteiger partial charge in [-0.3, -0.25) is 14.6 Å². The highest BCUT2D eigenvalue weighted by molar-refractivity contribution is 5.83. The van der Waals surface area contributed by atoms with E-state index in [-0.39, 0.29) is 5.97 Å². The summed E-state index contributed by atoms with van der Waals surface area (Å²) in [5.41, 5.74) is 0. The Hall–Kier alpha value is -1.59. The minimum Gasteiger partial charge on any atom is -0.481 e. The monoisotopic (exact) mass is 705 g/mol. The average Bonchev–Trinajstić information content (AvgIpc) is 3.56. The van der Waals surface area contributed by atoms with Crippen LogP contribution >= 0.6 is 0 Å². The minimum absolute atomic E-state index is 0.0131. The molecule has 1 rings (SSSR count). The molecule has 1 N–H and O–H groups in total. The van der Waals surface area contributed by atoms with Crippen LogP contribution in [0, 0.1) is 0 Å². The molecule has 1 aliphatic heterocycles. The van der Waals surface area contributed by atoms with Crippen molar-refractivity contribution >= 4 is 17.8 Å². The van der Waals surface area contributed by atoms with Gasteiger partial charge in [-0.1, -0.05) is 187 Å². The van der Waals surface area contributed by atoms with Crippen LogP contribution in [0.4, 0.5) is 0 Å². The van der Waals surface area contributed by atoms with Crippen LogP contribution in [0.5, 0.6) is 0 Å². The van der Waals surface area contributed by atoms with Crippen molar-refractivity contribution in [2.45, 2.75) is 238 Å². The molecule has 0 unspecified atom stereocenters. The first-order valence-corrected chi connectivity index (χ1v) is 22.3. The van der Waals surface area contributed by atoms with E-state index in [9.17, 15) is 9.59 Å². The molecule has 0 saturated carbocycles. The highest BCUT2D eigenvalue weighted by Gasteiger charge is 2.15. The number of carbonyl (C=O) groups is 2. The van der Waals surface area contributed by atoms with Crippen LogP contribution in [-0.4, -0.2) is 54.0 Å². The molecular weight excluding hydrogens is 620 g/mol. The summed E-state index contributed by atoms with van der Waals surface area (Å²) in [6, 6.07) is 0. The van der Waals surface area contributed by atoms with Gasteiger partial charge in [-0.2, -0.15) is 0 Å². The second kappa shape index (κ2) is 37.2. The van der Waals surface area contributed by atoms with Gasteiger partial charge in [0.15, 0.2) is 0 Å². The van der Waals surface area contributed by atoms with Crippen molar-refractivity contribution in [3.63, 3.8) is 0 Å². The van der Waals surface area contributed by atoms with Crippen LogP contribution in [0.25, 0.3) is 0 Å². The highest BCUT2D eigenvalue weighted by atomic mass is 16.5. The molecule has 6 heteroatoms. The van der Waals surface area contributed by atoms with Crippen LogP contribution in [0.1, 0.15) is 238 Å². The molecule has 50 heavy (non-hydrogen) atoms. The Kier molecular flexibility index (Phi) is 34.5. The molecule has 6 nitrogen and oxygen atoms in total. The fourth-order valence-corrected chi connectivity index (χ4v) is 7.34. The van der Waals surface area contributed by atoms with E-state index in [1.807, 2.05) is 0 Å². The molecule has 0 spiro atoms. The Labute approximate surface area is 310 Å². The first-order chi connectivity index (χ1) is 24.6. The van der Waals surface area contributed by atoms with Crippen molar-refractivity contribution in [1.82, 2.24) is 4.90 Å². The molecule has 294 valence electrons. The van der Waals surface area contributed by atoms with Crippen molar-refractivity contribution in [2.24, 2.45) is 4.99 Å². The lowest BCUT2D eigenvalue weighted by Crippen LogP contribution is -2.28. The van der Waals surface area contributed by atoms with Gasteiger partial charge in [-0.05, 0) is 32.1 Å². The standard InChI is InChI=1S/C44H84N2O4/c1-2-3-4-5-6-24-29-34-41-50-44(49)37-32-27-22-18-14-8-7-11-15-19-23-28-33-39-46-40-38-45-42(46)35-30-25-20-16-12-9-10-13-17-21-26-31-36-43(47)48/h2-41H2,1H3,(H,47,48). The molecular formula is C44H84N2O4. The predicted octanol–water partition coefficient (Wildman–Crippen LogP) is 13.4. The third-order valence-corrected chi connectivity index (χ3v) is 10.6. The first kappa shape index (κ1) is 46.4. The summed E-state index contributed by atoms with van der Waals surface area (Å²) < 4.78 is 5.42. The Bertz CT molecular complexity index is 786. The maximum Gasteiger partial charge on any atom is 0.305 e. The van der Waals surface area contributed by atoms with E-state index in [1.54, 1.807) is 0 Å². The van der Waals surface area contributed by atoms with Gasteiger partial charge < -0.3 is 14.7 Å². The smallest absolute Gasteiger partial charge is 0.305 e. The summed E-state index contributed by atoms with van der Waals surface area (Å²) in [7, 11) is 0. The number of carboxylic acids is 1. The van der Waals surface area contributed by atoms with E-state index in [1.165, 1.54) is 205 Å². The molecule has 0 atom stereocenters. The Morgan fingerprint density at radius 1 is 0.540 bits per heavy atom. The van der Waals surface area contributed by atoms with Gasteiger partial charge in [-0.15, -0.1) is 0 Å². The lowest BCUT2D eigenvalue weighted by atomic mass is 10.0. The number of hydrogen-bond donors (Lipinski definition) is 1. The quantitative estimate of drug-likeness (QED) is 0.0507. The minimum atomic E-state index is -0.659. The molecule has 0 aromatic rings. The van der Waals surface area contributed by atoms with Gasteiger partial charge in [0, 0.05) is 32.4 Å². The summed E-state index contributed by atoms with van der Waals surface area (Å²) in [5, 5.41) is 8.68. The maximum absolute atomic E-state index is 11.9. The molecule has 0 aromatic heterocycles. The summed E-state index contributed by atoms with van der Waals surface area (Å²) in [5.74, 6) is 0.743. The number of unbranched alkanes of at least 4 members (excludes halogenated alkanes) is 30. The normalized spacial score (nSPS) is 12.9. The van der Waals surface area contributed by atoms with Crippen LogP contribution in [0.15, 0.2) is 4.99 Å². The zero-order chi connectivity index (χ0) is 36.0. The van der Waals surface area contributed by atoms with Crippen LogP contribution in [0.2, 0.25) is 0 Å². The van der Waals surface area contributed by atoms with Gasteiger partial charge in [0.05, 0.1) is 19.0 Å². The number of ether oxygens (including phenoxy) is 1. The molecule has 1 aliphatic rings. The summed E-state index contributed by atoms with van der Waals surface area (Å²) >= 11 is 0. The van der Waals surface area contributed by atoms with Crippen LogP contribution < -0.4 is 0 Å². The fraction of sp³-hybridized carbons (Fsp3) is 0.932. The number of amidine groups is 1. The molecule has 0 aromatic carbocycles. The van der Waals surface area contributed by atoms with Crippen LogP contribution in [-0.2, 0) is 14.3 Å². The van der Waals surface area contributed by atoms with Gasteiger partial charge in [0.2, 0.25) is 0 Å². The fourth-order valence-electron chi connectivity index (χ4n) is 7.34. The zero-order valence-corrected chi connectivity index (χ0v) is 33.4. The second-order valence-corrected chi connectivity index (χ2v) is 15.5. The summed E-state index contributed by atoms with van der Waals surface area (Å²) in [4.78, 5) is 29.9. The van der Waals surface area contributed by atoms with Crippen molar-refractivity contribution < 1.29 is 19.4 Å². The van der Waals surface area contributed by atoms with Crippen molar-refractivity contribution in [1.29, 1.82) is 0 Å². The lowest BCUT2D eigenvalue weighted by molar-refractivity contribution is -0.144. The van der Waals surface area contributed by atoms with E-state index >= 15 is 0 Å². The predicted molar refractivity (Wildman–Crippen MR) is 214 cm³/mol. The number of esters is 1. The molecule has 0 bridgehead atoms. The third-order valence-electron chi connectivity index (χ3n) is 10.6. The highest BCUT2D eigenvalue weighted by Crippen LogP contribution is 2.17. The Balaban J connectivity index is 1.78. The maximum atomic E-state index is 11.9. The molecule has 0 amide bonds. The van der Waals surface area contributed by atoms with E-state index in [0.717, 1.165) is 38.8 Å². The topological polar surface area (TPSA) is 79.2 Å². The van der Waals surface area contributed by atoms with Gasteiger partial charge in [0.25, 0.3) is 0 Å². The molecule has 0 aliphatic carbocycles. The third kappa shape index (κ3) is 32.3. The molecule has 1 heterocycles. The SMILES string of the molecule is CCCCCCCCCCOC(=O)CCCCCCCCCCCCCCCN1CCN=C1CCCCCCCCCCCCCCC(=O)O. The zero-order valence-electron chi connectivity index (χ0n) is 33.4. The number of carbonyl (C=O) groups excluding carboxylic acids is 1. The van der Waals surface area contributed by atoms with E-state index in [0.29, 0.717) is 19.4 Å². The molecule has 0 saturated heterocycles. The lowest BCUT2D eigenvalue weighted by Gasteiger charge is -2.20. The molecule has 0 radical (unpaired) electrons. The largest absolute Gasteiger partial charge is 0.481 e. The number of hydrogen-bond acceptors (Lipinski definition) is 5. The van der Waals surface area contributed by atoms with Crippen molar-refractivity contribution in [2.75, 3.05) is 26.2 Å². The van der Waals surface area contributed by atoms with Crippen molar-refractivity contribution in [3.8, 4) is 0 Å². The van der Waals surface area contributed by atoms with Crippen LogP contribution in [0.3, 0.4) is 0 Å². The van der Waals surface area contributed by atoms with Crippen molar-refractivity contribution in [3.05, 3.63) is 0 Å². The van der Waals surface area contributed by atoms with Gasteiger partial charge >= 0.3 is 11.9 Å². The van der Waals surface area contributed by atoms with Gasteiger partial charge in [-0.25, -0.2) is 0 Å².